The molecule has 3 heterocycles. The first-order valence-corrected chi connectivity index (χ1v) is 25.5. The number of aryl methyl sites for hydroxylation is 2. The van der Waals surface area contributed by atoms with Gasteiger partial charge in [-0.25, -0.2) is 0 Å². The van der Waals surface area contributed by atoms with Crippen molar-refractivity contribution in [3.05, 3.63) is 136 Å². The van der Waals surface area contributed by atoms with Gasteiger partial charge in [0.25, 0.3) is 6.71 Å². The number of hydrogen-bond acceptors (Lipinski definition) is 3. The number of rotatable bonds is 2. The lowest BCUT2D eigenvalue weighted by Crippen LogP contribution is -2.62. The number of thiophene rings is 1. The van der Waals surface area contributed by atoms with Crippen LogP contribution in [0.15, 0.2) is 91.0 Å². The molecule has 2 aliphatic heterocycles. The van der Waals surface area contributed by atoms with Crippen LogP contribution >= 0.6 is 11.3 Å². The molecule has 4 heteroatoms. The minimum absolute atomic E-state index is 0.0652. The van der Waals surface area contributed by atoms with Crippen LogP contribution in [0.4, 0.5) is 34.1 Å². The first-order valence-electron chi connectivity index (χ1n) is 24.7. The molecule has 330 valence electrons. The molecule has 0 fully saturated rings. The van der Waals surface area contributed by atoms with Crippen LogP contribution in [0.2, 0.25) is 0 Å². The van der Waals surface area contributed by atoms with Gasteiger partial charge in [-0.1, -0.05) is 126 Å². The number of fused-ring (bicyclic) bond motifs is 10. The number of nitrogens with zero attached hydrogens (tertiary/aromatic N) is 2. The van der Waals surface area contributed by atoms with Crippen molar-refractivity contribution in [1.29, 1.82) is 0 Å². The third-order valence-corrected chi connectivity index (χ3v) is 18.8. The summed E-state index contributed by atoms with van der Waals surface area (Å²) in [5.41, 5.74) is 24.6. The van der Waals surface area contributed by atoms with Crippen molar-refractivity contribution < 1.29 is 0 Å². The molecule has 0 atom stereocenters. The predicted octanol–water partition coefficient (Wildman–Crippen LogP) is 15.4. The summed E-state index contributed by atoms with van der Waals surface area (Å²) in [6.07, 6.45) is 5.92. The third-order valence-electron chi connectivity index (χ3n) is 17.7. The van der Waals surface area contributed by atoms with Gasteiger partial charge in [-0.05, 0) is 188 Å². The molecule has 65 heavy (non-hydrogen) atoms. The van der Waals surface area contributed by atoms with Gasteiger partial charge in [-0.3, -0.25) is 0 Å². The Kier molecular flexibility index (Phi) is 8.33. The Bertz CT molecular complexity index is 3240. The quantitative estimate of drug-likeness (QED) is 0.160. The van der Waals surface area contributed by atoms with Gasteiger partial charge in [0.05, 0.1) is 0 Å². The monoisotopic (exact) mass is 871 g/mol. The highest BCUT2D eigenvalue weighted by molar-refractivity contribution is 7.25. The Hall–Kier alpha value is -4.80. The van der Waals surface area contributed by atoms with Crippen molar-refractivity contribution in [2.24, 2.45) is 0 Å². The molecule has 0 bridgehead atoms. The maximum absolute atomic E-state index is 2.75. The van der Waals surface area contributed by atoms with Gasteiger partial charge >= 0.3 is 0 Å². The Morgan fingerprint density at radius 1 is 0.431 bits per heavy atom. The van der Waals surface area contributed by atoms with E-state index in [1.54, 1.807) is 0 Å². The molecule has 0 spiro atoms. The molecule has 1 aromatic heterocycles. The summed E-state index contributed by atoms with van der Waals surface area (Å²) in [6, 6.07) is 37.3. The van der Waals surface area contributed by atoms with E-state index in [0.717, 1.165) is 6.42 Å². The van der Waals surface area contributed by atoms with E-state index >= 15 is 0 Å². The fourth-order valence-electron chi connectivity index (χ4n) is 14.0. The molecule has 0 N–H and O–H groups in total. The molecule has 0 radical (unpaired) electrons. The summed E-state index contributed by atoms with van der Waals surface area (Å²) in [4.78, 5) is 5.44. The van der Waals surface area contributed by atoms with Gasteiger partial charge in [-0.2, -0.15) is 0 Å². The van der Waals surface area contributed by atoms with Gasteiger partial charge in [0, 0.05) is 54.3 Å². The maximum Gasteiger partial charge on any atom is 0.252 e. The van der Waals surface area contributed by atoms with Crippen LogP contribution in [0.25, 0.3) is 20.2 Å². The molecular formula is C61H67BN2S. The lowest BCUT2D eigenvalue weighted by atomic mass is 9.32. The summed E-state index contributed by atoms with van der Waals surface area (Å²) in [5, 5.41) is 2.69. The molecule has 7 aromatic rings. The average molecular weight is 871 g/mol. The van der Waals surface area contributed by atoms with E-state index in [4.69, 9.17) is 0 Å². The topological polar surface area (TPSA) is 6.48 Å². The Labute approximate surface area is 393 Å². The molecule has 5 aliphatic rings. The van der Waals surface area contributed by atoms with E-state index in [-0.39, 0.29) is 39.2 Å². The van der Waals surface area contributed by atoms with Crippen molar-refractivity contribution >= 4 is 88.7 Å². The zero-order valence-electron chi connectivity index (χ0n) is 41.6. The van der Waals surface area contributed by atoms with Gasteiger partial charge in [0.15, 0.2) is 0 Å². The first-order chi connectivity index (χ1) is 30.5. The summed E-state index contributed by atoms with van der Waals surface area (Å²) in [7, 11) is 0. The molecular weight excluding hydrogens is 804 g/mol. The van der Waals surface area contributed by atoms with E-state index in [1.165, 1.54) is 141 Å². The van der Waals surface area contributed by atoms with Gasteiger partial charge in [-0.15, -0.1) is 11.3 Å². The zero-order chi connectivity index (χ0) is 45.7. The number of anilines is 6. The minimum Gasteiger partial charge on any atom is -0.311 e. The summed E-state index contributed by atoms with van der Waals surface area (Å²) >= 11 is 1.92. The predicted molar refractivity (Wildman–Crippen MR) is 284 cm³/mol. The number of hydrogen-bond donors (Lipinski definition) is 0. The second kappa shape index (κ2) is 13.0. The molecule has 3 aliphatic carbocycles. The van der Waals surface area contributed by atoms with Crippen LogP contribution in [-0.2, 0) is 32.5 Å². The highest BCUT2D eigenvalue weighted by Gasteiger charge is 2.50. The highest BCUT2D eigenvalue weighted by atomic mass is 32.1. The molecule has 0 amide bonds. The Morgan fingerprint density at radius 3 is 1.49 bits per heavy atom. The van der Waals surface area contributed by atoms with Crippen LogP contribution in [0.3, 0.4) is 0 Å². The van der Waals surface area contributed by atoms with E-state index in [0.29, 0.717) is 0 Å². The third kappa shape index (κ3) is 5.77. The van der Waals surface area contributed by atoms with Gasteiger partial charge in [0.1, 0.15) is 0 Å². The van der Waals surface area contributed by atoms with Gasteiger partial charge < -0.3 is 9.80 Å². The fourth-order valence-corrected chi connectivity index (χ4v) is 15.1. The SMILES string of the molecule is Cc1cc2c3c(c1)N(c1cc4c(cc1C)C(C)(C)CCC4(C)C)c1cc4c(cc1B3c1cc3c(cc1N2c1ccc2c(c1)sc1ccccc12)C(C)(C)CCC3(C)C)C(C)(C)CC4(C)C. The van der Waals surface area contributed by atoms with Crippen molar-refractivity contribution in [3.63, 3.8) is 0 Å². The van der Waals surface area contributed by atoms with Crippen LogP contribution < -0.4 is 26.2 Å². The molecule has 6 aromatic carbocycles. The van der Waals surface area contributed by atoms with E-state index in [2.05, 4.69) is 198 Å². The van der Waals surface area contributed by atoms with Crippen LogP contribution in [-0.4, -0.2) is 6.71 Å². The van der Waals surface area contributed by atoms with Crippen LogP contribution in [0, 0.1) is 13.8 Å². The normalized spacial score (nSPS) is 20.8. The van der Waals surface area contributed by atoms with Crippen molar-refractivity contribution in [2.45, 2.75) is 162 Å². The second-order valence-electron chi connectivity index (χ2n) is 25.2. The lowest BCUT2D eigenvalue weighted by Gasteiger charge is -2.48. The highest BCUT2D eigenvalue weighted by Crippen LogP contribution is 2.56. The molecule has 0 saturated carbocycles. The van der Waals surface area contributed by atoms with Crippen molar-refractivity contribution in [2.75, 3.05) is 9.80 Å². The fraction of sp³-hybridized carbons (Fsp3) is 0.410. The zero-order valence-corrected chi connectivity index (χ0v) is 42.4. The molecule has 2 nitrogen and oxygen atoms in total. The smallest absolute Gasteiger partial charge is 0.252 e. The second-order valence-corrected chi connectivity index (χ2v) is 26.3. The van der Waals surface area contributed by atoms with Crippen molar-refractivity contribution in [1.82, 2.24) is 0 Å². The van der Waals surface area contributed by atoms with Crippen LogP contribution in [0.1, 0.15) is 160 Å². The van der Waals surface area contributed by atoms with E-state index < -0.39 is 0 Å². The molecule has 0 saturated heterocycles. The number of benzene rings is 6. The van der Waals surface area contributed by atoms with Crippen molar-refractivity contribution in [3.8, 4) is 0 Å². The first kappa shape index (κ1) is 41.6. The summed E-state index contributed by atoms with van der Waals surface area (Å²) in [5.74, 6) is 0. The summed E-state index contributed by atoms with van der Waals surface area (Å²) < 4.78 is 2.69. The molecule has 12 rings (SSSR count). The maximum atomic E-state index is 2.75. The standard InChI is InChI=1S/C61H67BN2S/c1-35-25-51-55-52(26-35)64(48-31-43-40(27-36(48)2)56(3,4)21-23-58(43,7)8)50-33-45-42(60(11,12)34-61(45,13)14)30-47(50)62(55)46-29-41-44(59(9,10)24-22-57(41,5)6)32-49(46)63(51)37-19-20-39-38-17-15-16-18-53(38)65-54(39)28-37/h15-20,25-33H,21-24,34H2,1-14H3. The molecule has 0 unspecified atom stereocenters. The van der Waals surface area contributed by atoms with Crippen LogP contribution in [0.5, 0.6) is 0 Å². The minimum atomic E-state index is 0.0652. The summed E-state index contributed by atoms with van der Waals surface area (Å²) in [6.45, 7) is 34.7. The van der Waals surface area contributed by atoms with Gasteiger partial charge in [0.2, 0.25) is 0 Å². The lowest BCUT2D eigenvalue weighted by molar-refractivity contribution is 0.332. The Morgan fingerprint density at radius 2 is 0.892 bits per heavy atom. The largest absolute Gasteiger partial charge is 0.311 e. The Balaban J connectivity index is 1.21. The average Bonchev–Trinajstić information content (AvgIpc) is 3.69. The van der Waals surface area contributed by atoms with E-state index in [9.17, 15) is 0 Å². The van der Waals surface area contributed by atoms with E-state index in [1.807, 2.05) is 11.3 Å².